The predicted molar refractivity (Wildman–Crippen MR) is 116 cm³/mol. The maximum atomic E-state index is 13.4. The van der Waals surface area contributed by atoms with Gasteiger partial charge in [0.25, 0.3) is 0 Å². The number of ether oxygens (including phenoxy) is 2. The monoisotopic (exact) mass is 447 g/mol. The third-order valence-corrected chi connectivity index (χ3v) is 7.55. The number of carbonyl (C=O) groups is 1. The van der Waals surface area contributed by atoms with Gasteiger partial charge < -0.3 is 14.6 Å². The van der Waals surface area contributed by atoms with Gasteiger partial charge in [0.1, 0.15) is 18.9 Å². The lowest BCUT2D eigenvalue weighted by molar-refractivity contribution is -0.145. The molecule has 1 aliphatic carbocycles. The van der Waals surface area contributed by atoms with E-state index in [9.17, 15) is 18.3 Å². The summed E-state index contributed by atoms with van der Waals surface area (Å²) >= 11 is 0. The van der Waals surface area contributed by atoms with Gasteiger partial charge in [-0.1, -0.05) is 30.3 Å². The highest BCUT2D eigenvalue weighted by molar-refractivity contribution is 7.89. The van der Waals surface area contributed by atoms with E-state index in [4.69, 9.17) is 9.47 Å². The lowest BCUT2D eigenvalue weighted by Gasteiger charge is -2.38. The van der Waals surface area contributed by atoms with Crippen LogP contribution in [0, 0.1) is 0 Å². The van der Waals surface area contributed by atoms with Crippen LogP contribution in [0.3, 0.4) is 0 Å². The van der Waals surface area contributed by atoms with Crippen LogP contribution in [0.15, 0.2) is 59.5 Å². The number of carbonyl (C=O) groups excluding carboxylic acids is 1. The molecule has 8 heteroatoms. The number of aliphatic hydroxyl groups is 1. The normalized spacial score (nSPS) is 21.6. The van der Waals surface area contributed by atoms with E-state index >= 15 is 0 Å². The molecule has 0 atom stereocenters. The number of benzene rings is 2. The molecule has 2 aromatic rings. The number of methoxy groups -OCH3 is 1. The van der Waals surface area contributed by atoms with Crippen LogP contribution < -0.4 is 4.74 Å². The minimum atomic E-state index is -3.95. The first kappa shape index (κ1) is 23.2. The van der Waals surface area contributed by atoms with Crippen molar-refractivity contribution in [2.45, 2.75) is 55.8 Å². The van der Waals surface area contributed by atoms with Gasteiger partial charge >= 0.3 is 5.97 Å². The first-order chi connectivity index (χ1) is 14.7. The molecular weight excluding hydrogens is 418 g/mol. The van der Waals surface area contributed by atoms with Gasteiger partial charge in [0.2, 0.25) is 10.0 Å². The highest BCUT2D eigenvalue weighted by Crippen LogP contribution is 2.33. The van der Waals surface area contributed by atoms with Crippen molar-refractivity contribution in [1.82, 2.24) is 4.31 Å². The van der Waals surface area contributed by atoms with Gasteiger partial charge in [0.15, 0.2) is 0 Å². The van der Waals surface area contributed by atoms with Crippen molar-refractivity contribution in [2.24, 2.45) is 0 Å². The minimum Gasteiger partial charge on any atom is -0.497 e. The topological polar surface area (TPSA) is 93.1 Å². The smallest absolute Gasteiger partial charge is 0.321 e. The van der Waals surface area contributed by atoms with Crippen LogP contribution in [0.4, 0.5) is 0 Å². The molecule has 0 aromatic heterocycles. The molecule has 0 saturated heterocycles. The summed E-state index contributed by atoms with van der Waals surface area (Å²) in [4.78, 5) is 12.7. The molecule has 0 bridgehead atoms. The van der Waals surface area contributed by atoms with Crippen molar-refractivity contribution in [3.63, 3.8) is 0 Å². The second-order valence-corrected chi connectivity index (χ2v) is 9.99. The van der Waals surface area contributed by atoms with Gasteiger partial charge in [-0.25, -0.2) is 8.42 Å². The van der Waals surface area contributed by atoms with E-state index in [2.05, 4.69) is 0 Å². The number of esters is 1. The van der Waals surface area contributed by atoms with Crippen molar-refractivity contribution in [2.75, 3.05) is 13.7 Å². The average molecular weight is 448 g/mol. The number of sulfonamides is 1. The Morgan fingerprint density at radius 1 is 1.10 bits per heavy atom. The standard InChI is InChI=1S/C23H29NO6S/c1-23(26)14-12-19(13-15-23)24(16-22(25)30-17-18-6-4-3-5-7-18)31(27,28)21-10-8-20(29-2)9-11-21/h3-11,19,26H,12-17H2,1-2H3/t19-,23+. The van der Waals surface area contributed by atoms with E-state index in [1.165, 1.54) is 23.5 Å². The van der Waals surface area contributed by atoms with E-state index in [0.29, 0.717) is 31.4 Å². The van der Waals surface area contributed by atoms with Crippen LogP contribution in [-0.4, -0.2) is 49.1 Å². The highest BCUT2D eigenvalue weighted by atomic mass is 32.2. The summed E-state index contributed by atoms with van der Waals surface area (Å²) in [5, 5.41) is 10.3. The number of rotatable bonds is 8. The van der Waals surface area contributed by atoms with Crippen molar-refractivity contribution in [3.8, 4) is 5.75 Å². The molecule has 3 rings (SSSR count). The van der Waals surface area contributed by atoms with E-state index in [1.807, 2.05) is 30.3 Å². The second-order valence-electron chi connectivity index (χ2n) is 8.10. The number of nitrogens with zero attached hydrogens (tertiary/aromatic N) is 1. The molecule has 1 saturated carbocycles. The van der Waals surface area contributed by atoms with Crippen LogP contribution in [0.2, 0.25) is 0 Å². The van der Waals surface area contributed by atoms with Crippen molar-refractivity contribution in [3.05, 3.63) is 60.2 Å². The zero-order valence-corrected chi connectivity index (χ0v) is 18.7. The van der Waals surface area contributed by atoms with Crippen LogP contribution in [0.25, 0.3) is 0 Å². The maximum absolute atomic E-state index is 13.4. The molecule has 1 aliphatic rings. The molecule has 1 fully saturated rings. The fraction of sp³-hybridized carbons (Fsp3) is 0.435. The molecule has 0 radical (unpaired) electrons. The lowest BCUT2D eigenvalue weighted by Crippen LogP contribution is -2.47. The fourth-order valence-corrected chi connectivity index (χ4v) is 5.35. The van der Waals surface area contributed by atoms with Crippen molar-refractivity contribution >= 4 is 16.0 Å². The Morgan fingerprint density at radius 3 is 2.29 bits per heavy atom. The number of hydrogen-bond donors (Lipinski definition) is 1. The SMILES string of the molecule is COc1ccc(S(=O)(=O)N(CC(=O)OCc2ccccc2)[C@H]2CC[C@@](C)(O)CC2)cc1. The largest absolute Gasteiger partial charge is 0.497 e. The van der Waals surface area contributed by atoms with Crippen LogP contribution in [0.1, 0.15) is 38.2 Å². The Hall–Kier alpha value is -2.42. The van der Waals surface area contributed by atoms with Gasteiger partial charge in [-0.15, -0.1) is 0 Å². The molecule has 0 spiro atoms. The molecule has 1 N–H and O–H groups in total. The van der Waals surface area contributed by atoms with Gasteiger partial charge in [-0.05, 0) is 62.4 Å². The van der Waals surface area contributed by atoms with E-state index in [1.54, 1.807) is 19.1 Å². The summed E-state index contributed by atoms with van der Waals surface area (Å²) in [5.74, 6) is -0.0697. The van der Waals surface area contributed by atoms with Crippen molar-refractivity contribution < 1.29 is 27.8 Å². The molecule has 31 heavy (non-hydrogen) atoms. The van der Waals surface area contributed by atoms with Crippen LogP contribution >= 0.6 is 0 Å². The maximum Gasteiger partial charge on any atom is 0.321 e. The predicted octanol–water partition coefficient (Wildman–Crippen LogP) is 3.12. The van der Waals surface area contributed by atoms with Gasteiger partial charge in [-0.2, -0.15) is 4.31 Å². The van der Waals surface area contributed by atoms with E-state index in [-0.39, 0.29) is 18.0 Å². The molecule has 0 unspecified atom stereocenters. The summed E-state index contributed by atoms with van der Waals surface area (Å²) in [6.07, 6.45) is 1.86. The van der Waals surface area contributed by atoms with Gasteiger partial charge in [-0.3, -0.25) is 4.79 Å². The van der Waals surface area contributed by atoms with Gasteiger partial charge in [0.05, 0.1) is 17.6 Å². The van der Waals surface area contributed by atoms with E-state index in [0.717, 1.165) is 5.56 Å². The first-order valence-electron chi connectivity index (χ1n) is 10.3. The molecular formula is C23H29NO6S. The Labute approximate surface area is 183 Å². The Morgan fingerprint density at radius 2 is 1.71 bits per heavy atom. The molecule has 0 amide bonds. The zero-order chi connectivity index (χ0) is 22.5. The Balaban J connectivity index is 1.79. The molecule has 0 aliphatic heterocycles. The van der Waals surface area contributed by atoms with Crippen LogP contribution in [0.5, 0.6) is 5.75 Å². The molecule has 0 heterocycles. The third-order valence-electron chi connectivity index (χ3n) is 5.63. The third kappa shape index (κ3) is 6.06. The summed E-state index contributed by atoms with van der Waals surface area (Å²) in [6.45, 7) is 1.45. The summed E-state index contributed by atoms with van der Waals surface area (Å²) < 4.78 is 38.5. The van der Waals surface area contributed by atoms with Gasteiger partial charge in [0, 0.05) is 6.04 Å². The summed E-state index contributed by atoms with van der Waals surface area (Å²) in [6, 6.07) is 14.9. The quantitative estimate of drug-likeness (QED) is 0.625. The van der Waals surface area contributed by atoms with Crippen LogP contribution in [-0.2, 0) is 26.2 Å². The van der Waals surface area contributed by atoms with E-state index < -0.39 is 27.6 Å². The summed E-state index contributed by atoms with van der Waals surface area (Å²) in [7, 11) is -2.44. The molecule has 7 nitrogen and oxygen atoms in total. The Bertz CT molecular complexity index is 963. The first-order valence-corrected chi connectivity index (χ1v) is 11.7. The second kappa shape index (κ2) is 9.80. The zero-order valence-electron chi connectivity index (χ0n) is 17.9. The summed E-state index contributed by atoms with van der Waals surface area (Å²) in [5.41, 5.74) is 0.00831. The lowest BCUT2D eigenvalue weighted by atomic mass is 9.83. The Kier molecular flexibility index (Phi) is 7.35. The molecule has 168 valence electrons. The highest BCUT2D eigenvalue weighted by Gasteiger charge is 2.38. The average Bonchev–Trinajstić information content (AvgIpc) is 2.77. The fourth-order valence-electron chi connectivity index (χ4n) is 3.72. The minimum absolute atomic E-state index is 0.0788. The van der Waals surface area contributed by atoms with Crippen molar-refractivity contribution in [1.29, 1.82) is 0 Å². The number of hydrogen-bond acceptors (Lipinski definition) is 6. The molecule has 2 aromatic carbocycles.